The number of fused-ring (bicyclic) bond motifs is 1. The molecule has 10 heteroatoms. The summed E-state index contributed by atoms with van der Waals surface area (Å²) in [5.74, 6) is -1.99. The molecule has 30 heavy (non-hydrogen) atoms. The number of anilines is 3. The van der Waals surface area contributed by atoms with Gasteiger partial charge in [0.1, 0.15) is 5.82 Å². The molecule has 1 aliphatic carbocycles. The van der Waals surface area contributed by atoms with Crippen LogP contribution in [0.15, 0.2) is 24.3 Å². The Bertz CT molecular complexity index is 1110. The monoisotopic (exact) mass is 415 g/mol. The van der Waals surface area contributed by atoms with Gasteiger partial charge in [-0.15, -0.1) is 5.10 Å². The van der Waals surface area contributed by atoms with Crippen molar-refractivity contribution in [2.75, 3.05) is 10.6 Å². The van der Waals surface area contributed by atoms with Crippen molar-refractivity contribution in [3.8, 4) is 0 Å². The van der Waals surface area contributed by atoms with Crippen LogP contribution in [0.2, 0.25) is 0 Å². The van der Waals surface area contributed by atoms with E-state index in [1.807, 2.05) is 0 Å². The van der Waals surface area contributed by atoms with Crippen molar-refractivity contribution < 1.29 is 13.6 Å². The summed E-state index contributed by atoms with van der Waals surface area (Å²) in [7, 11) is 1.62. The number of aromatic nitrogens is 3. The van der Waals surface area contributed by atoms with Crippen molar-refractivity contribution in [2.45, 2.75) is 37.8 Å². The van der Waals surface area contributed by atoms with E-state index in [2.05, 4.69) is 20.7 Å². The van der Waals surface area contributed by atoms with Crippen LogP contribution in [0.4, 0.5) is 26.1 Å². The van der Waals surface area contributed by atoms with E-state index in [-0.39, 0.29) is 29.3 Å². The molecule has 0 bridgehead atoms. The topological polar surface area (TPSA) is 124 Å². The van der Waals surface area contributed by atoms with Gasteiger partial charge in [-0.05, 0) is 37.1 Å². The average Bonchev–Trinajstić information content (AvgIpc) is 2.99. The van der Waals surface area contributed by atoms with Gasteiger partial charge >= 0.3 is 0 Å². The predicted molar refractivity (Wildman–Crippen MR) is 111 cm³/mol. The Kier molecular flexibility index (Phi) is 5.25. The van der Waals surface area contributed by atoms with Crippen molar-refractivity contribution in [3.05, 3.63) is 41.6 Å². The first kappa shape index (κ1) is 20.0. The van der Waals surface area contributed by atoms with E-state index in [0.717, 1.165) is 31.7 Å². The highest BCUT2D eigenvalue weighted by Crippen LogP contribution is 2.28. The minimum atomic E-state index is -0.822. The van der Waals surface area contributed by atoms with E-state index >= 15 is 0 Å². The lowest BCUT2D eigenvalue weighted by atomic mass is 9.91. The zero-order valence-corrected chi connectivity index (χ0v) is 16.5. The molecule has 8 nitrogen and oxygen atoms in total. The number of nitrogens with one attached hydrogen (secondary N) is 2. The predicted octanol–water partition coefficient (Wildman–Crippen LogP) is 2.77. The third-order valence-electron chi connectivity index (χ3n) is 5.45. The fourth-order valence-corrected chi connectivity index (χ4v) is 3.82. The first-order chi connectivity index (χ1) is 14.3. The first-order valence-electron chi connectivity index (χ1n) is 9.75. The maximum atomic E-state index is 14.6. The highest BCUT2D eigenvalue weighted by atomic mass is 19.1. The number of carbonyl (C=O) groups excluding carboxylic acids is 1. The standard InChI is InChI=1S/C20H23F2N7O/c1-29-16-8-10(6-7-11(16)17(22)28-29)25-19-12(18(24)30)9-13(21)20(27-19)26-15-5-3-2-4-14(15)23/h6-9,14-15H,2-5,23H2,1H3,(H2,24,30)(H2,25,26,27)/t14-,15+/m1/s1. The Morgan fingerprint density at radius 3 is 2.70 bits per heavy atom. The molecule has 0 spiro atoms. The third kappa shape index (κ3) is 3.78. The van der Waals surface area contributed by atoms with Crippen LogP contribution >= 0.6 is 0 Å². The number of pyridine rings is 1. The van der Waals surface area contributed by atoms with Crippen LogP contribution in [0.5, 0.6) is 0 Å². The van der Waals surface area contributed by atoms with Gasteiger partial charge in [0, 0.05) is 24.8 Å². The highest BCUT2D eigenvalue weighted by Gasteiger charge is 2.24. The molecule has 0 unspecified atom stereocenters. The maximum Gasteiger partial charge on any atom is 0.252 e. The number of carbonyl (C=O) groups is 1. The smallest absolute Gasteiger partial charge is 0.252 e. The van der Waals surface area contributed by atoms with Gasteiger partial charge in [-0.3, -0.25) is 9.48 Å². The molecule has 0 aliphatic heterocycles. The quantitative estimate of drug-likeness (QED) is 0.508. The third-order valence-corrected chi connectivity index (χ3v) is 5.45. The molecule has 2 aromatic heterocycles. The maximum absolute atomic E-state index is 14.6. The van der Waals surface area contributed by atoms with Crippen molar-refractivity contribution >= 4 is 34.1 Å². The minimum absolute atomic E-state index is 0.00231. The van der Waals surface area contributed by atoms with Gasteiger partial charge < -0.3 is 22.1 Å². The minimum Gasteiger partial charge on any atom is -0.365 e. The normalized spacial score (nSPS) is 19.1. The summed E-state index contributed by atoms with van der Waals surface area (Å²) in [5.41, 5.74) is 12.5. The Morgan fingerprint density at radius 2 is 1.97 bits per heavy atom. The largest absolute Gasteiger partial charge is 0.365 e. The number of rotatable bonds is 5. The van der Waals surface area contributed by atoms with Gasteiger partial charge in [0.05, 0.1) is 16.5 Å². The average molecular weight is 415 g/mol. The molecule has 3 aromatic rings. The van der Waals surface area contributed by atoms with Crippen LogP contribution in [-0.4, -0.2) is 32.8 Å². The van der Waals surface area contributed by atoms with E-state index < -0.39 is 17.7 Å². The summed E-state index contributed by atoms with van der Waals surface area (Å²) in [5, 5.41) is 10.2. The van der Waals surface area contributed by atoms with Crippen LogP contribution < -0.4 is 22.1 Å². The highest BCUT2D eigenvalue weighted by molar-refractivity contribution is 5.99. The molecule has 2 atom stereocenters. The Labute approximate surface area is 171 Å². The van der Waals surface area contributed by atoms with E-state index in [0.29, 0.717) is 16.6 Å². The number of primary amides is 1. The number of nitrogens with zero attached hydrogens (tertiary/aromatic N) is 3. The van der Waals surface area contributed by atoms with Crippen molar-refractivity contribution in [1.29, 1.82) is 0 Å². The number of amides is 1. The molecule has 0 saturated heterocycles. The summed E-state index contributed by atoms with van der Waals surface area (Å²) in [6, 6.07) is 5.68. The number of nitrogens with two attached hydrogens (primary N) is 2. The van der Waals surface area contributed by atoms with Gasteiger partial charge in [0.25, 0.3) is 5.91 Å². The Balaban J connectivity index is 1.68. The first-order valence-corrected chi connectivity index (χ1v) is 9.75. The summed E-state index contributed by atoms with van der Waals surface area (Å²) in [4.78, 5) is 16.1. The Morgan fingerprint density at radius 1 is 1.20 bits per heavy atom. The number of halogens is 2. The summed E-state index contributed by atoms with van der Waals surface area (Å²) in [6.07, 6.45) is 3.70. The molecular weight excluding hydrogens is 392 g/mol. The van der Waals surface area contributed by atoms with Gasteiger partial charge in [-0.25, -0.2) is 9.37 Å². The van der Waals surface area contributed by atoms with E-state index in [9.17, 15) is 13.6 Å². The molecule has 1 amide bonds. The number of aryl methyl sites for hydroxylation is 1. The fraction of sp³-hybridized carbons (Fsp3) is 0.350. The van der Waals surface area contributed by atoms with E-state index in [1.165, 1.54) is 4.68 Å². The molecule has 1 aromatic carbocycles. The zero-order chi connectivity index (χ0) is 21.4. The van der Waals surface area contributed by atoms with Crippen LogP contribution in [-0.2, 0) is 7.05 Å². The zero-order valence-electron chi connectivity index (χ0n) is 16.5. The number of benzene rings is 1. The fourth-order valence-electron chi connectivity index (χ4n) is 3.82. The molecule has 1 fully saturated rings. The van der Waals surface area contributed by atoms with Gasteiger partial charge in [-0.1, -0.05) is 12.8 Å². The molecule has 0 radical (unpaired) electrons. The van der Waals surface area contributed by atoms with Crippen LogP contribution in [0.25, 0.3) is 10.9 Å². The lowest BCUT2D eigenvalue weighted by molar-refractivity contribution is 0.100. The molecular formula is C20H23F2N7O. The van der Waals surface area contributed by atoms with Gasteiger partial charge in [0.2, 0.25) is 5.95 Å². The van der Waals surface area contributed by atoms with Crippen molar-refractivity contribution in [3.63, 3.8) is 0 Å². The molecule has 1 aliphatic rings. The van der Waals surface area contributed by atoms with E-state index in [1.54, 1.807) is 25.2 Å². The van der Waals surface area contributed by atoms with Crippen LogP contribution in [0.1, 0.15) is 36.0 Å². The molecule has 2 heterocycles. The SMILES string of the molecule is Cn1nc(F)c2ccc(Nc3nc(N[C@H]4CCCC[C@H]4N)c(F)cc3C(N)=O)cc21. The summed E-state index contributed by atoms with van der Waals surface area (Å²) < 4.78 is 29.8. The summed E-state index contributed by atoms with van der Waals surface area (Å²) >= 11 is 0. The lowest BCUT2D eigenvalue weighted by Crippen LogP contribution is -2.43. The van der Waals surface area contributed by atoms with Crippen LogP contribution in [0, 0.1) is 11.8 Å². The van der Waals surface area contributed by atoms with Gasteiger partial charge in [-0.2, -0.15) is 4.39 Å². The van der Waals surface area contributed by atoms with Crippen LogP contribution in [0.3, 0.4) is 0 Å². The second-order valence-electron chi connectivity index (χ2n) is 7.55. The Hall–Kier alpha value is -3.27. The second kappa shape index (κ2) is 7.86. The summed E-state index contributed by atoms with van der Waals surface area (Å²) in [6.45, 7) is 0. The van der Waals surface area contributed by atoms with Crippen molar-refractivity contribution in [2.24, 2.45) is 18.5 Å². The second-order valence-corrected chi connectivity index (χ2v) is 7.55. The number of hydrogen-bond acceptors (Lipinski definition) is 6. The van der Waals surface area contributed by atoms with Gasteiger partial charge in [0.15, 0.2) is 11.6 Å². The molecule has 1 saturated carbocycles. The lowest BCUT2D eigenvalue weighted by Gasteiger charge is -2.30. The van der Waals surface area contributed by atoms with E-state index in [4.69, 9.17) is 11.5 Å². The van der Waals surface area contributed by atoms with Crippen molar-refractivity contribution in [1.82, 2.24) is 14.8 Å². The molecule has 4 rings (SSSR count). The number of hydrogen-bond donors (Lipinski definition) is 4. The molecule has 6 N–H and O–H groups in total. The molecule has 158 valence electrons.